The van der Waals surface area contributed by atoms with Gasteiger partial charge in [-0.2, -0.15) is 8.78 Å². The molecule has 4 amide bonds. The number of hydrogen-bond acceptors (Lipinski definition) is 13. The van der Waals surface area contributed by atoms with Crippen LogP contribution < -0.4 is 27.0 Å². The van der Waals surface area contributed by atoms with E-state index < -0.39 is 103 Å². The molecule has 2 aliphatic heterocycles. The Morgan fingerprint density at radius 1 is 0.903 bits per heavy atom. The molecule has 0 unspecified atom stereocenters. The van der Waals surface area contributed by atoms with Gasteiger partial charge in [-0.15, -0.1) is 0 Å². The largest absolute Gasteiger partial charge is 0.438 e. The van der Waals surface area contributed by atoms with Gasteiger partial charge in [-0.3, -0.25) is 47.3 Å². The van der Waals surface area contributed by atoms with Crippen molar-refractivity contribution in [2.45, 2.75) is 124 Å². The van der Waals surface area contributed by atoms with Crippen molar-refractivity contribution in [1.82, 2.24) is 10.6 Å². The number of halogens is 2. The van der Waals surface area contributed by atoms with Crippen LogP contribution in [-0.2, 0) is 81.7 Å². The zero-order valence-electron chi connectivity index (χ0n) is 41.8. The average Bonchev–Trinajstić information content (AvgIpc) is 3.66. The van der Waals surface area contributed by atoms with Crippen LogP contribution in [-0.4, -0.2) is 79.9 Å². The summed E-state index contributed by atoms with van der Waals surface area (Å²) in [7, 11) is -5.58. The van der Waals surface area contributed by atoms with Crippen LogP contribution in [0.2, 0.25) is 0 Å². The number of esters is 2. The van der Waals surface area contributed by atoms with Gasteiger partial charge in [0.1, 0.15) is 12.1 Å². The molecule has 0 bridgehead atoms. The smallest absolute Gasteiger partial charge is 0.410 e. The number of rotatable bonds is 20. The predicted molar refractivity (Wildman–Crippen MR) is 263 cm³/mol. The minimum absolute atomic E-state index is 0.0374. The van der Waals surface area contributed by atoms with Gasteiger partial charge in [-0.1, -0.05) is 66.4 Å². The molecule has 0 aliphatic carbocycles. The highest BCUT2D eigenvalue weighted by Gasteiger charge is 2.56. The Morgan fingerprint density at radius 3 is 2.07 bits per heavy atom. The zero-order valence-corrected chi connectivity index (χ0v) is 42.7. The van der Waals surface area contributed by atoms with E-state index in [2.05, 4.69) is 22.5 Å². The van der Waals surface area contributed by atoms with Crippen LogP contribution in [0.5, 0.6) is 0 Å². The number of nitrogens with zero attached hydrogens (tertiary/aromatic N) is 1. The maximum atomic E-state index is 16.2. The summed E-state index contributed by atoms with van der Waals surface area (Å²) in [6, 6.07) is 14.6. The topological polar surface area (TPSA) is 245 Å². The van der Waals surface area contributed by atoms with Crippen LogP contribution in [0.4, 0.5) is 14.5 Å². The summed E-state index contributed by atoms with van der Waals surface area (Å²) in [5.74, 6) is 1.86. The monoisotopic (exact) mass is 1020 g/mol. The maximum absolute atomic E-state index is 16.2. The Morgan fingerprint density at radius 2 is 1.50 bits per heavy atom. The van der Waals surface area contributed by atoms with Crippen molar-refractivity contribution < 1.29 is 65.4 Å². The number of carbonyl (C=O) groups is 6. The number of alkyl halides is 2. The molecule has 5 rings (SSSR count). The van der Waals surface area contributed by atoms with Crippen molar-refractivity contribution >= 4 is 54.4 Å². The van der Waals surface area contributed by atoms with Gasteiger partial charge >= 0.3 is 25.2 Å². The van der Waals surface area contributed by atoms with Crippen molar-refractivity contribution in [1.29, 1.82) is 0 Å². The Labute approximate surface area is 418 Å². The predicted octanol–water partition coefficient (Wildman–Crippen LogP) is 6.51. The molecule has 3 aromatic carbocycles. The third-order valence-electron chi connectivity index (χ3n) is 11.9. The van der Waals surface area contributed by atoms with E-state index in [4.69, 9.17) is 34.7 Å². The van der Waals surface area contributed by atoms with Gasteiger partial charge in [-0.05, 0) is 115 Å². The van der Waals surface area contributed by atoms with Gasteiger partial charge in [-0.25, -0.2) is 0 Å². The number of allylic oxidation sites excluding steroid dienone is 1. The van der Waals surface area contributed by atoms with E-state index in [0.717, 1.165) is 34.4 Å². The molecule has 388 valence electrons. The summed E-state index contributed by atoms with van der Waals surface area (Å²) in [5.41, 5.74) is 8.14. The molecule has 0 aromatic heterocycles. The van der Waals surface area contributed by atoms with Crippen LogP contribution in [0, 0.1) is 22.7 Å². The van der Waals surface area contributed by atoms with Crippen LogP contribution in [0.25, 0.3) is 5.57 Å². The summed E-state index contributed by atoms with van der Waals surface area (Å²) in [5, 5.41) is 5.79. The summed E-state index contributed by atoms with van der Waals surface area (Å²) < 4.78 is 72.0. The number of nitrogens with two attached hydrogens (primary N) is 2. The van der Waals surface area contributed by atoms with Gasteiger partial charge in [0.25, 0.3) is 0 Å². The third kappa shape index (κ3) is 14.4. The Bertz CT molecular complexity index is 2600. The highest BCUT2D eigenvalue weighted by molar-refractivity contribution is 7.54. The Hall–Kier alpha value is -6.29. The lowest BCUT2D eigenvalue weighted by atomic mass is 9.98. The third-order valence-corrected chi connectivity index (χ3v) is 13.7. The van der Waals surface area contributed by atoms with E-state index in [0.29, 0.717) is 23.2 Å². The van der Waals surface area contributed by atoms with Crippen molar-refractivity contribution in [2.75, 3.05) is 25.0 Å². The second-order valence-corrected chi connectivity index (χ2v) is 21.7. The van der Waals surface area contributed by atoms with Gasteiger partial charge in [0, 0.05) is 30.0 Å². The molecule has 4 atom stereocenters. The van der Waals surface area contributed by atoms with Crippen molar-refractivity contribution in [3.63, 3.8) is 0 Å². The van der Waals surface area contributed by atoms with Gasteiger partial charge in [0.2, 0.25) is 37.2 Å². The van der Waals surface area contributed by atoms with E-state index in [1.165, 1.54) is 64.7 Å². The average molecular weight is 1020 g/mol. The van der Waals surface area contributed by atoms with Crippen LogP contribution in [0.3, 0.4) is 0 Å². The molecule has 0 fully saturated rings. The van der Waals surface area contributed by atoms with Crippen LogP contribution in [0.1, 0.15) is 108 Å². The van der Waals surface area contributed by atoms with Crippen molar-refractivity contribution in [3.05, 3.63) is 106 Å². The lowest BCUT2D eigenvalue weighted by Gasteiger charge is -2.31. The highest BCUT2D eigenvalue weighted by atomic mass is 31.2. The number of nitrogens with one attached hydrogen (secondary N) is 2. The number of amides is 4. The summed E-state index contributed by atoms with van der Waals surface area (Å²) in [6.45, 7) is 10.5. The molecule has 0 radical (unpaired) electrons. The second-order valence-electron chi connectivity index (χ2n) is 19.6. The summed E-state index contributed by atoms with van der Waals surface area (Å²) in [6.07, 6.45) is 1.52. The first-order valence-electron chi connectivity index (χ1n) is 23.4. The quantitative estimate of drug-likeness (QED) is 0.0310. The first kappa shape index (κ1) is 56.6. The Balaban J connectivity index is 1.29. The molecule has 20 heteroatoms. The van der Waals surface area contributed by atoms with E-state index in [1.807, 2.05) is 42.5 Å². The highest BCUT2D eigenvalue weighted by Crippen LogP contribution is 2.67. The molecule has 2 heterocycles. The van der Waals surface area contributed by atoms with Crippen LogP contribution in [0.15, 0.2) is 72.8 Å². The van der Waals surface area contributed by atoms with Crippen molar-refractivity contribution in [2.24, 2.45) is 22.3 Å². The number of para-hydroxylation sites is 1. The fourth-order valence-corrected chi connectivity index (χ4v) is 8.92. The SMILES string of the molecule is C/C(=C\C(=O)N[C@H]1CCc2cccc3c2N(C1=O)[C@H](C(=O)N[C@@H](CCC(N)=O)[C@@H](C)OCc1ccc(C#CCN)cc1)C3)c1ccc(C(F)(F)P(=O)(OCOC(=O)C(C)(C)C)OCOC(=O)C(C)(C)C)cc1. The first-order valence-corrected chi connectivity index (χ1v) is 24.9. The van der Waals surface area contributed by atoms with E-state index >= 15 is 8.78 Å². The number of aryl methyl sites for hydroxylation is 1. The number of ether oxygens (including phenoxy) is 3. The molecule has 72 heavy (non-hydrogen) atoms. The minimum atomic E-state index is -5.58. The van der Waals surface area contributed by atoms with Crippen LogP contribution >= 0.6 is 7.60 Å². The zero-order chi connectivity index (χ0) is 53.2. The summed E-state index contributed by atoms with van der Waals surface area (Å²) in [4.78, 5) is 80.4. The second kappa shape index (κ2) is 24.0. The van der Waals surface area contributed by atoms with Gasteiger partial charge < -0.3 is 36.3 Å². The molecule has 6 N–H and O–H groups in total. The van der Waals surface area contributed by atoms with E-state index in [1.54, 1.807) is 13.8 Å². The molecule has 2 aliphatic rings. The fourth-order valence-electron chi connectivity index (χ4n) is 7.67. The molecular formula is C52H64F2N5O12P. The molecular weight excluding hydrogens is 956 g/mol. The standard InChI is InChI=1S/C52H64F2N5O12P/c1-32(36-18-21-39(22-19-36)52(53,54)72(66,70-30-68-48(64)50(3,4)5)71-31-69-49(65)51(6,7)8)27-44(61)57-41-23-20-37-12-9-13-38-28-42(59(45(37)38)47(41)63)46(62)58-40(24-25-43(56)60)33(2)67-29-35-16-14-34(15-17-35)11-10-26-55/h9,12-19,21-22,27,33,40-42H,20,23-26,28-31,55H2,1-8H3,(H2,56,60)(H,57,61)(H,58,62)/b32-27+/t33-,40+,41+,42+/m1/s1. The molecule has 0 spiro atoms. The summed E-state index contributed by atoms with van der Waals surface area (Å²) >= 11 is 0. The fraction of sp³-hybridized carbons (Fsp3) is 0.462. The number of benzene rings is 3. The number of primary amides is 1. The van der Waals surface area contributed by atoms with Gasteiger partial charge in [0.15, 0.2) is 0 Å². The molecule has 0 saturated heterocycles. The number of hydrogen-bond donors (Lipinski definition) is 4. The molecule has 0 saturated carbocycles. The van der Waals surface area contributed by atoms with E-state index in [-0.39, 0.29) is 38.8 Å². The number of anilines is 1. The first-order chi connectivity index (χ1) is 33.7. The van der Waals surface area contributed by atoms with Gasteiger partial charge in [0.05, 0.1) is 41.8 Å². The Kier molecular flexibility index (Phi) is 18.8. The molecule has 3 aromatic rings. The van der Waals surface area contributed by atoms with E-state index in [9.17, 15) is 33.3 Å². The minimum Gasteiger partial charge on any atom is -0.438 e. The lowest BCUT2D eigenvalue weighted by molar-refractivity contribution is -0.163. The molecule has 17 nitrogen and oxygen atoms in total. The number of carbonyl (C=O) groups excluding carboxylic acids is 6. The van der Waals surface area contributed by atoms with Crippen molar-refractivity contribution in [3.8, 4) is 11.8 Å². The lowest BCUT2D eigenvalue weighted by Crippen LogP contribution is -2.56. The maximum Gasteiger partial charge on any atom is 0.410 e. The normalized spacial score (nSPS) is 16.8.